The van der Waals surface area contributed by atoms with Gasteiger partial charge in [-0.25, -0.2) is 13.2 Å². The maximum Gasteiger partial charge on any atom is 0.317 e. The van der Waals surface area contributed by atoms with Crippen molar-refractivity contribution in [3.05, 3.63) is 28.8 Å². The summed E-state index contributed by atoms with van der Waals surface area (Å²) < 4.78 is 66.3. The van der Waals surface area contributed by atoms with E-state index in [0.717, 1.165) is 6.92 Å². The van der Waals surface area contributed by atoms with Crippen molar-refractivity contribution in [1.29, 1.82) is 0 Å². The molecule has 0 fully saturated rings. The zero-order chi connectivity index (χ0) is 25.3. The number of rotatable bonds is 10. The molecule has 4 nitrogen and oxygen atoms in total. The fraction of sp³-hybridized carbons (Fsp3) is 0.708. The van der Waals surface area contributed by atoms with Crippen LogP contribution in [0.4, 0.5) is 17.6 Å². The molecule has 184 valence electrons. The van der Waals surface area contributed by atoms with Gasteiger partial charge in [0.1, 0.15) is 0 Å². The molecule has 0 aliphatic rings. The molecule has 0 radical (unpaired) electrons. The lowest BCUT2D eigenvalue weighted by Crippen LogP contribution is -2.39. The topological polar surface area (TPSA) is 55.8 Å². The molecule has 0 saturated heterocycles. The van der Waals surface area contributed by atoms with E-state index >= 15 is 0 Å². The summed E-state index contributed by atoms with van der Waals surface area (Å²) in [7, 11) is 0. The van der Waals surface area contributed by atoms with E-state index in [9.17, 15) is 27.5 Å². The second kappa shape index (κ2) is 9.67. The number of carbonyl (C=O) groups excluding carboxylic acids is 1. The third-order valence-electron chi connectivity index (χ3n) is 5.22. The summed E-state index contributed by atoms with van der Waals surface area (Å²) >= 11 is 0. The zero-order valence-electron chi connectivity index (χ0n) is 20.5. The van der Waals surface area contributed by atoms with Crippen molar-refractivity contribution in [2.75, 3.05) is 6.61 Å². The minimum atomic E-state index is -1.89. The molecule has 0 unspecified atom stereocenters. The number of carbonyl (C=O) groups is 1. The molecule has 1 N–H and O–H groups in total. The molecule has 1 rings (SSSR count). The van der Waals surface area contributed by atoms with Crippen molar-refractivity contribution < 1.29 is 36.9 Å². The van der Waals surface area contributed by atoms with Gasteiger partial charge in [-0.1, -0.05) is 13.8 Å². The van der Waals surface area contributed by atoms with Gasteiger partial charge in [0.15, 0.2) is 17.5 Å². The molecule has 0 aromatic heterocycles. The summed E-state index contributed by atoms with van der Waals surface area (Å²) in [5.41, 5.74) is -3.83. The van der Waals surface area contributed by atoms with Crippen LogP contribution in [0.25, 0.3) is 0 Å². The Balaban J connectivity index is 2.94. The average molecular weight is 465 g/mol. The van der Waals surface area contributed by atoms with Gasteiger partial charge in [-0.05, 0) is 73.1 Å². The third kappa shape index (κ3) is 7.73. The summed E-state index contributed by atoms with van der Waals surface area (Å²) in [5.74, 6) is -9.09. The van der Waals surface area contributed by atoms with Crippen molar-refractivity contribution in [2.45, 2.75) is 92.8 Å². The first-order valence-corrected chi connectivity index (χ1v) is 10.6. The molecular formula is C24H36F4O4. The molecule has 1 aromatic carbocycles. The first kappa shape index (κ1) is 28.4. The molecule has 0 aliphatic heterocycles. The van der Waals surface area contributed by atoms with E-state index in [-0.39, 0.29) is 6.42 Å². The van der Waals surface area contributed by atoms with Crippen molar-refractivity contribution >= 4 is 5.97 Å². The van der Waals surface area contributed by atoms with Crippen LogP contribution in [-0.2, 0) is 9.53 Å². The largest absolute Gasteiger partial charge is 0.420 e. The maximum atomic E-state index is 14.3. The molecule has 32 heavy (non-hydrogen) atoms. The second-order valence-corrected chi connectivity index (χ2v) is 11.2. The highest BCUT2D eigenvalue weighted by atomic mass is 19.2. The molecule has 0 spiro atoms. The van der Waals surface area contributed by atoms with Crippen LogP contribution >= 0.6 is 0 Å². The molecule has 0 aliphatic carbocycles. The minimum Gasteiger partial charge on any atom is -0.420 e. The molecule has 0 saturated carbocycles. The SMILES string of the molecule is Cc1c(F)c(F)c(F)c(OC(=O)C(C)(C)CC(C)(C)CC(C)(C)OCCC(C)(C)O)c1F. The van der Waals surface area contributed by atoms with Crippen LogP contribution in [-0.4, -0.2) is 28.9 Å². The second-order valence-electron chi connectivity index (χ2n) is 11.2. The summed E-state index contributed by atoms with van der Waals surface area (Å²) in [6, 6.07) is 0. The summed E-state index contributed by atoms with van der Waals surface area (Å²) in [5, 5.41) is 9.84. The van der Waals surface area contributed by atoms with E-state index < -0.39 is 62.6 Å². The predicted molar refractivity (Wildman–Crippen MR) is 114 cm³/mol. The Morgan fingerprint density at radius 3 is 1.88 bits per heavy atom. The fourth-order valence-corrected chi connectivity index (χ4v) is 4.16. The third-order valence-corrected chi connectivity index (χ3v) is 5.22. The van der Waals surface area contributed by atoms with Crippen LogP contribution in [0.3, 0.4) is 0 Å². The van der Waals surface area contributed by atoms with Gasteiger partial charge in [0.25, 0.3) is 0 Å². The van der Waals surface area contributed by atoms with Gasteiger partial charge in [-0.3, -0.25) is 4.79 Å². The van der Waals surface area contributed by atoms with E-state index in [1.165, 1.54) is 0 Å². The normalized spacial score (nSPS) is 13.4. The van der Waals surface area contributed by atoms with E-state index in [2.05, 4.69) is 0 Å². The van der Waals surface area contributed by atoms with E-state index in [1.807, 2.05) is 27.7 Å². The Hall–Kier alpha value is -1.67. The number of halogens is 4. The van der Waals surface area contributed by atoms with Gasteiger partial charge in [-0.2, -0.15) is 4.39 Å². The Kier molecular flexibility index (Phi) is 8.57. The van der Waals surface area contributed by atoms with Crippen LogP contribution in [0, 0.1) is 41.0 Å². The van der Waals surface area contributed by atoms with Gasteiger partial charge in [0.05, 0.1) is 23.2 Å². The van der Waals surface area contributed by atoms with Gasteiger partial charge in [0.2, 0.25) is 11.6 Å². The quantitative estimate of drug-likeness (QED) is 0.146. The Morgan fingerprint density at radius 2 is 1.38 bits per heavy atom. The van der Waals surface area contributed by atoms with Crippen molar-refractivity contribution in [2.24, 2.45) is 10.8 Å². The summed E-state index contributed by atoms with van der Waals surface area (Å²) in [6.07, 6.45) is 1.26. The molecule has 0 atom stereocenters. The molecule has 0 bridgehead atoms. The number of benzene rings is 1. The Bertz CT molecular complexity index is 810. The molecule has 8 heteroatoms. The summed E-state index contributed by atoms with van der Waals surface area (Å²) in [4.78, 5) is 12.7. The Morgan fingerprint density at radius 1 is 0.844 bits per heavy atom. The predicted octanol–water partition coefficient (Wildman–Crippen LogP) is 6.25. The van der Waals surface area contributed by atoms with Gasteiger partial charge >= 0.3 is 5.97 Å². The number of hydrogen-bond acceptors (Lipinski definition) is 4. The standard InChI is InChI=1S/C24H36F4O4/c1-14-15(25)17(27)18(28)19(16(14)26)32-20(29)22(4,5)12-21(2,3)13-24(8,9)31-11-10-23(6,7)30/h30H,10-13H2,1-9H3. The smallest absolute Gasteiger partial charge is 0.317 e. The van der Waals surface area contributed by atoms with Gasteiger partial charge < -0.3 is 14.6 Å². The van der Waals surface area contributed by atoms with Crippen molar-refractivity contribution in [1.82, 2.24) is 0 Å². The number of hydrogen-bond donors (Lipinski definition) is 1. The molecule has 0 heterocycles. The molecule has 1 aromatic rings. The summed E-state index contributed by atoms with van der Waals surface area (Å²) in [6.45, 7) is 15.4. The van der Waals surface area contributed by atoms with Crippen molar-refractivity contribution in [3.63, 3.8) is 0 Å². The highest BCUT2D eigenvalue weighted by molar-refractivity contribution is 5.78. The number of esters is 1. The number of aliphatic hydroxyl groups is 1. The lowest BCUT2D eigenvalue weighted by molar-refractivity contribution is -0.147. The van der Waals surface area contributed by atoms with Crippen molar-refractivity contribution in [3.8, 4) is 5.75 Å². The maximum absolute atomic E-state index is 14.3. The van der Waals surface area contributed by atoms with Crippen LogP contribution in [0.5, 0.6) is 5.75 Å². The first-order chi connectivity index (χ1) is 14.2. The molecule has 0 amide bonds. The highest BCUT2D eigenvalue weighted by Gasteiger charge is 2.40. The van der Waals surface area contributed by atoms with Crippen LogP contribution in [0.1, 0.15) is 80.2 Å². The lowest BCUT2D eigenvalue weighted by Gasteiger charge is -2.39. The zero-order valence-corrected chi connectivity index (χ0v) is 20.5. The molecular weight excluding hydrogens is 428 g/mol. The minimum absolute atomic E-state index is 0.267. The fourth-order valence-electron chi connectivity index (χ4n) is 4.16. The average Bonchev–Trinajstić information content (AvgIpc) is 2.58. The number of ether oxygens (including phenoxy) is 2. The first-order valence-electron chi connectivity index (χ1n) is 10.6. The van der Waals surface area contributed by atoms with Gasteiger partial charge in [-0.15, -0.1) is 0 Å². The van der Waals surface area contributed by atoms with Crippen LogP contribution in [0.2, 0.25) is 0 Å². The Labute approximate surface area is 188 Å². The van der Waals surface area contributed by atoms with Crippen LogP contribution in [0.15, 0.2) is 0 Å². The lowest BCUT2D eigenvalue weighted by atomic mass is 9.70. The highest BCUT2D eigenvalue weighted by Crippen LogP contribution is 2.41. The van der Waals surface area contributed by atoms with Gasteiger partial charge in [0, 0.05) is 5.56 Å². The van der Waals surface area contributed by atoms with Crippen LogP contribution < -0.4 is 4.74 Å². The van der Waals surface area contributed by atoms with E-state index in [4.69, 9.17) is 9.47 Å². The van der Waals surface area contributed by atoms with E-state index in [1.54, 1.807) is 27.7 Å². The monoisotopic (exact) mass is 464 g/mol. The van der Waals surface area contributed by atoms with E-state index in [0.29, 0.717) is 19.4 Å².